The zero-order valence-corrected chi connectivity index (χ0v) is 10.4. The average Bonchev–Trinajstić information content (AvgIpc) is 2.37. The lowest BCUT2D eigenvalue weighted by Crippen LogP contribution is -2.20. The summed E-state index contributed by atoms with van der Waals surface area (Å²) in [5.41, 5.74) is 4.39. The highest BCUT2D eigenvalue weighted by Gasteiger charge is 2.19. The van der Waals surface area contributed by atoms with Crippen molar-refractivity contribution in [2.24, 2.45) is 5.73 Å². The Hall–Kier alpha value is -2.68. The molecule has 0 radical (unpaired) electrons. The van der Waals surface area contributed by atoms with Crippen molar-refractivity contribution in [3.8, 4) is 0 Å². The number of carboxylic acid groups (broad SMARTS) is 1. The van der Waals surface area contributed by atoms with Gasteiger partial charge in [0.1, 0.15) is 12.2 Å². The standard InChI is InChI=1S/C11H13N3O6/c12-10(15)6-20-4-3-13-7-1-2-9(14(18)19)8(5-7)11(16)17/h1-2,5,13H,3-4,6H2,(H2,12,15)(H,16,17). The van der Waals surface area contributed by atoms with Crippen LogP contribution in [0.15, 0.2) is 18.2 Å². The molecule has 0 saturated carbocycles. The molecule has 9 nitrogen and oxygen atoms in total. The van der Waals surface area contributed by atoms with Crippen LogP contribution in [0.4, 0.5) is 11.4 Å². The molecule has 0 aliphatic rings. The molecule has 20 heavy (non-hydrogen) atoms. The summed E-state index contributed by atoms with van der Waals surface area (Å²) < 4.78 is 4.89. The number of benzene rings is 1. The Bertz CT molecular complexity index is 531. The van der Waals surface area contributed by atoms with Gasteiger partial charge in [0.15, 0.2) is 0 Å². The van der Waals surface area contributed by atoms with Gasteiger partial charge in [0.2, 0.25) is 5.91 Å². The minimum Gasteiger partial charge on any atom is -0.477 e. The van der Waals surface area contributed by atoms with E-state index < -0.39 is 28.1 Å². The van der Waals surface area contributed by atoms with E-state index >= 15 is 0 Å². The van der Waals surface area contributed by atoms with Crippen LogP contribution in [-0.4, -0.2) is 41.7 Å². The van der Waals surface area contributed by atoms with E-state index in [1.165, 1.54) is 6.07 Å². The quantitative estimate of drug-likeness (QED) is 0.351. The first-order valence-electron chi connectivity index (χ1n) is 5.53. The van der Waals surface area contributed by atoms with Crippen molar-refractivity contribution in [2.45, 2.75) is 0 Å². The smallest absolute Gasteiger partial charge is 0.342 e. The highest BCUT2D eigenvalue weighted by atomic mass is 16.6. The number of nitrogens with zero attached hydrogens (tertiary/aromatic N) is 1. The zero-order valence-electron chi connectivity index (χ0n) is 10.4. The molecule has 4 N–H and O–H groups in total. The van der Waals surface area contributed by atoms with Crippen LogP contribution in [0, 0.1) is 10.1 Å². The number of aromatic carboxylic acids is 1. The normalized spacial score (nSPS) is 10.0. The first-order valence-corrected chi connectivity index (χ1v) is 5.53. The second-order valence-corrected chi connectivity index (χ2v) is 3.74. The molecule has 1 amide bonds. The fourth-order valence-corrected chi connectivity index (χ4v) is 1.42. The largest absolute Gasteiger partial charge is 0.477 e. The first kappa shape index (κ1) is 15.4. The van der Waals surface area contributed by atoms with Gasteiger partial charge in [0.05, 0.1) is 11.5 Å². The van der Waals surface area contributed by atoms with Crippen molar-refractivity contribution in [1.29, 1.82) is 0 Å². The number of carbonyl (C=O) groups excluding carboxylic acids is 1. The zero-order chi connectivity index (χ0) is 15.1. The van der Waals surface area contributed by atoms with E-state index in [0.29, 0.717) is 12.2 Å². The molecule has 0 unspecified atom stereocenters. The topological polar surface area (TPSA) is 145 Å². The van der Waals surface area contributed by atoms with Gasteiger partial charge in [0.25, 0.3) is 5.69 Å². The molecule has 0 atom stereocenters. The van der Waals surface area contributed by atoms with Gasteiger partial charge in [-0.25, -0.2) is 4.79 Å². The summed E-state index contributed by atoms with van der Waals surface area (Å²) in [7, 11) is 0. The second-order valence-electron chi connectivity index (χ2n) is 3.74. The van der Waals surface area contributed by atoms with Gasteiger partial charge in [-0.05, 0) is 12.1 Å². The van der Waals surface area contributed by atoms with Crippen LogP contribution in [0.3, 0.4) is 0 Å². The molecule has 0 aromatic heterocycles. The number of amides is 1. The Kier molecular flexibility index (Phi) is 5.42. The predicted molar refractivity (Wildman–Crippen MR) is 68.6 cm³/mol. The predicted octanol–water partition coefficient (Wildman–Crippen LogP) is 0.207. The maximum atomic E-state index is 10.9. The molecule has 1 aromatic rings. The Morgan fingerprint density at radius 1 is 1.45 bits per heavy atom. The van der Waals surface area contributed by atoms with Gasteiger partial charge in [-0.15, -0.1) is 0 Å². The summed E-state index contributed by atoms with van der Waals surface area (Å²) in [6.45, 7) is 0.273. The van der Waals surface area contributed by atoms with Gasteiger partial charge >= 0.3 is 5.97 Å². The van der Waals surface area contributed by atoms with Crippen LogP contribution in [0.1, 0.15) is 10.4 Å². The van der Waals surface area contributed by atoms with Gasteiger partial charge < -0.3 is 20.9 Å². The highest BCUT2D eigenvalue weighted by molar-refractivity contribution is 5.93. The number of rotatable bonds is 8. The van der Waals surface area contributed by atoms with Crippen LogP contribution in [-0.2, 0) is 9.53 Å². The maximum absolute atomic E-state index is 10.9. The summed E-state index contributed by atoms with van der Waals surface area (Å²) in [5.74, 6) is -1.97. The SMILES string of the molecule is NC(=O)COCCNc1ccc([N+](=O)[O-])c(C(=O)O)c1. The summed E-state index contributed by atoms with van der Waals surface area (Å²) in [6.07, 6.45) is 0. The van der Waals surface area contributed by atoms with Crippen LogP contribution < -0.4 is 11.1 Å². The van der Waals surface area contributed by atoms with Crippen molar-refractivity contribution in [3.63, 3.8) is 0 Å². The van der Waals surface area contributed by atoms with Crippen LogP contribution in [0.2, 0.25) is 0 Å². The Morgan fingerprint density at radius 2 is 2.15 bits per heavy atom. The van der Waals surface area contributed by atoms with Crippen molar-refractivity contribution in [2.75, 3.05) is 25.1 Å². The third-order valence-corrected chi connectivity index (χ3v) is 2.24. The number of ether oxygens (including phenoxy) is 1. The number of nitro groups is 1. The van der Waals surface area contributed by atoms with Gasteiger partial charge in [-0.1, -0.05) is 0 Å². The molecule has 9 heteroatoms. The molecule has 0 aliphatic carbocycles. The summed E-state index contributed by atoms with van der Waals surface area (Å²) in [6, 6.07) is 3.66. The highest BCUT2D eigenvalue weighted by Crippen LogP contribution is 2.22. The Morgan fingerprint density at radius 3 is 2.70 bits per heavy atom. The summed E-state index contributed by atoms with van der Waals surface area (Å²) in [5, 5.41) is 22.4. The number of hydrogen-bond donors (Lipinski definition) is 3. The lowest BCUT2D eigenvalue weighted by Gasteiger charge is -2.07. The van der Waals surface area contributed by atoms with Crippen molar-refractivity contribution < 1.29 is 24.4 Å². The molecule has 0 aliphatic heterocycles. The van der Waals surface area contributed by atoms with Crippen molar-refractivity contribution in [1.82, 2.24) is 0 Å². The molecular formula is C11H13N3O6. The lowest BCUT2D eigenvalue weighted by atomic mass is 10.1. The van der Waals surface area contributed by atoms with E-state index in [0.717, 1.165) is 12.1 Å². The molecule has 108 valence electrons. The van der Waals surface area contributed by atoms with E-state index in [4.69, 9.17) is 15.6 Å². The van der Waals surface area contributed by atoms with E-state index in [2.05, 4.69) is 5.32 Å². The molecule has 0 bridgehead atoms. The van der Waals surface area contributed by atoms with E-state index in [-0.39, 0.29) is 13.2 Å². The minimum absolute atomic E-state index is 0.183. The molecule has 0 spiro atoms. The van der Waals surface area contributed by atoms with E-state index in [1.807, 2.05) is 0 Å². The number of nitrogens with two attached hydrogens (primary N) is 1. The van der Waals surface area contributed by atoms with Crippen molar-refractivity contribution >= 4 is 23.3 Å². The third kappa shape index (κ3) is 4.53. The maximum Gasteiger partial charge on any atom is 0.342 e. The van der Waals surface area contributed by atoms with Crippen LogP contribution in [0.5, 0.6) is 0 Å². The third-order valence-electron chi connectivity index (χ3n) is 2.24. The second kappa shape index (κ2) is 7.04. The summed E-state index contributed by atoms with van der Waals surface area (Å²) in [4.78, 5) is 31.2. The molecule has 1 aromatic carbocycles. The molecule has 0 saturated heterocycles. The molecule has 0 fully saturated rings. The van der Waals surface area contributed by atoms with Gasteiger partial charge in [-0.3, -0.25) is 14.9 Å². The monoisotopic (exact) mass is 283 g/mol. The Labute approximate surface area is 113 Å². The fraction of sp³-hybridized carbons (Fsp3) is 0.273. The van der Waals surface area contributed by atoms with Crippen LogP contribution in [0.25, 0.3) is 0 Å². The van der Waals surface area contributed by atoms with E-state index in [1.54, 1.807) is 0 Å². The van der Waals surface area contributed by atoms with Crippen LogP contribution >= 0.6 is 0 Å². The van der Waals surface area contributed by atoms with Crippen molar-refractivity contribution in [3.05, 3.63) is 33.9 Å². The first-order chi connectivity index (χ1) is 9.41. The number of carboxylic acids is 1. The molecular weight excluding hydrogens is 270 g/mol. The number of nitrogens with one attached hydrogen (secondary N) is 1. The lowest BCUT2D eigenvalue weighted by molar-refractivity contribution is -0.385. The van der Waals surface area contributed by atoms with Gasteiger partial charge in [-0.2, -0.15) is 0 Å². The number of hydrogen-bond acceptors (Lipinski definition) is 6. The van der Waals surface area contributed by atoms with Gasteiger partial charge in [0, 0.05) is 18.3 Å². The number of carbonyl (C=O) groups is 2. The molecule has 1 rings (SSSR count). The average molecular weight is 283 g/mol. The number of nitro benzene ring substituents is 1. The molecule has 0 heterocycles. The fourth-order valence-electron chi connectivity index (χ4n) is 1.42. The number of anilines is 1. The Balaban J connectivity index is 2.64. The number of primary amides is 1. The summed E-state index contributed by atoms with van der Waals surface area (Å²) >= 11 is 0. The minimum atomic E-state index is -1.38. The van der Waals surface area contributed by atoms with E-state index in [9.17, 15) is 19.7 Å².